The van der Waals surface area contributed by atoms with Crippen molar-refractivity contribution >= 4 is 5.97 Å². The summed E-state index contributed by atoms with van der Waals surface area (Å²) in [7, 11) is 0. The quantitative estimate of drug-likeness (QED) is 0.745. The van der Waals surface area contributed by atoms with Gasteiger partial charge in [0.25, 0.3) is 12.1 Å². The fourth-order valence-electron chi connectivity index (χ4n) is 2.01. The van der Waals surface area contributed by atoms with Crippen LogP contribution in [0.1, 0.15) is 15.9 Å². The molecule has 1 N–H and O–H groups in total. The van der Waals surface area contributed by atoms with Gasteiger partial charge in [0.15, 0.2) is 0 Å². The molecule has 0 spiro atoms. The molecule has 0 amide bonds. The zero-order valence-corrected chi connectivity index (χ0v) is 12.2. The lowest BCUT2D eigenvalue weighted by atomic mass is 9.95. The molecule has 0 aliphatic carbocycles. The summed E-state index contributed by atoms with van der Waals surface area (Å²) in [6.45, 7) is 0. The van der Waals surface area contributed by atoms with Crippen molar-refractivity contribution in [2.45, 2.75) is 18.3 Å². The van der Waals surface area contributed by atoms with Gasteiger partial charge in [0.2, 0.25) is 0 Å². The van der Waals surface area contributed by atoms with Crippen LogP contribution < -0.4 is 4.74 Å². The Balaban J connectivity index is 2.28. The minimum absolute atomic E-state index is 0.0591. The zero-order valence-electron chi connectivity index (χ0n) is 12.2. The summed E-state index contributed by atoms with van der Waals surface area (Å²) < 4.78 is 82.4. The number of hydrogen-bond acceptors (Lipinski definition) is 2. The maximum Gasteiger partial charge on any atom is 0.432 e. The van der Waals surface area contributed by atoms with Crippen molar-refractivity contribution < 1.29 is 41.0 Å². The van der Waals surface area contributed by atoms with Gasteiger partial charge >= 0.3 is 12.1 Å². The third kappa shape index (κ3) is 3.70. The standard InChI is InChI=1S/C16H10F6O3/c17-14(18)15(19,16(20,21)22)10-4-6-11(7-5-10)25-12-3-1-2-9(8-12)13(23)24/h1-8,14H,(H,23,24). The zero-order chi connectivity index (χ0) is 18.8. The Labute approximate surface area is 137 Å². The first-order chi connectivity index (χ1) is 11.6. The van der Waals surface area contributed by atoms with E-state index in [4.69, 9.17) is 9.84 Å². The number of carboxylic acid groups (broad SMARTS) is 1. The minimum atomic E-state index is -5.79. The van der Waals surface area contributed by atoms with Crippen molar-refractivity contribution in [1.82, 2.24) is 0 Å². The van der Waals surface area contributed by atoms with Crippen molar-refractivity contribution in [1.29, 1.82) is 0 Å². The highest BCUT2D eigenvalue weighted by Gasteiger charge is 2.63. The van der Waals surface area contributed by atoms with Crippen LogP contribution in [-0.2, 0) is 5.67 Å². The molecular weight excluding hydrogens is 354 g/mol. The molecule has 0 saturated heterocycles. The highest BCUT2D eigenvalue weighted by atomic mass is 19.4. The van der Waals surface area contributed by atoms with E-state index in [1.165, 1.54) is 18.2 Å². The monoisotopic (exact) mass is 364 g/mol. The van der Waals surface area contributed by atoms with E-state index in [0.29, 0.717) is 12.1 Å². The van der Waals surface area contributed by atoms with E-state index in [1.54, 1.807) is 0 Å². The van der Waals surface area contributed by atoms with Crippen molar-refractivity contribution in [3.63, 3.8) is 0 Å². The smallest absolute Gasteiger partial charge is 0.432 e. The van der Waals surface area contributed by atoms with E-state index in [0.717, 1.165) is 18.2 Å². The van der Waals surface area contributed by atoms with Gasteiger partial charge in [-0.1, -0.05) is 18.2 Å². The first-order valence-electron chi connectivity index (χ1n) is 6.71. The van der Waals surface area contributed by atoms with E-state index in [2.05, 4.69) is 0 Å². The Morgan fingerprint density at radius 1 is 0.960 bits per heavy atom. The van der Waals surface area contributed by atoms with Crippen molar-refractivity contribution in [3.8, 4) is 11.5 Å². The Morgan fingerprint density at radius 3 is 2.04 bits per heavy atom. The predicted octanol–water partition coefficient (Wildman–Crippen LogP) is 5.17. The molecular formula is C16H10F6O3. The molecule has 1 atom stereocenters. The maximum atomic E-state index is 13.9. The normalized spacial score (nSPS) is 14.2. The van der Waals surface area contributed by atoms with Gasteiger partial charge in [0.05, 0.1) is 5.56 Å². The van der Waals surface area contributed by atoms with E-state index < -0.39 is 29.8 Å². The van der Waals surface area contributed by atoms with Crippen LogP contribution in [0.3, 0.4) is 0 Å². The third-order valence-corrected chi connectivity index (χ3v) is 3.30. The molecule has 1 unspecified atom stereocenters. The van der Waals surface area contributed by atoms with Gasteiger partial charge in [-0.15, -0.1) is 0 Å². The van der Waals surface area contributed by atoms with Crippen LogP contribution in [0.2, 0.25) is 0 Å². The van der Waals surface area contributed by atoms with Gasteiger partial charge < -0.3 is 9.84 Å². The molecule has 0 fully saturated rings. The Hall–Kier alpha value is -2.71. The molecule has 2 aromatic carbocycles. The molecule has 0 aliphatic heterocycles. The highest BCUT2D eigenvalue weighted by molar-refractivity contribution is 5.88. The predicted molar refractivity (Wildman–Crippen MR) is 74.8 cm³/mol. The van der Waals surface area contributed by atoms with Crippen molar-refractivity contribution in [2.75, 3.05) is 0 Å². The van der Waals surface area contributed by atoms with Gasteiger partial charge in [-0.2, -0.15) is 13.2 Å². The fraction of sp³-hybridized carbons (Fsp3) is 0.188. The van der Waals surface area contributed by atoms with Crippen LogP contribution in [0.15, 0.2) is 48.5 Å². The number of ether oxygens (including phenoxy) is 1. The van der Waals surface area contributed by atoms with Gasteiger partial charge in [-0.25, -0.2) is 18.0 Å². The van der Waals surface area contributed by atoms with Crippen LogP contribution in [0.25, 0.3) is 0 Å². The summed E-state index contributed by atoms with van der Waals surface area (Å²) in [6.07, 6.45) is -10.1. The number of hydrogen-bond donors (Lipinski definition) is 1. The topological polar surface area (TPSA) is 46.5 Å². The Morgan fingerprint density at radius 2 is 1.56 bits per heavy atom. The summed E-state index contributed by atoms with van der Waals surface area (Å²) in [5, 5.41) is 8.85. The first-order valence-corrected chi connectivity index (χ1v) is 6.71. The molecule has 9 heteroatoms. The second-order valence-corrected chi connectivity index (χ2v) is 4.97. The highest BCUT2D eigenvalue weighted by Crippen LogP contribution is 2.47. The molecule has 25 heavy (non-hydrogen) atoms. The van der Waals surface area contributed by atoms with Crippen LogP contribution in [0.5, 0.6) is 11.5 Å². The Bertz CT molecular complexity index is 757. The molecule has 134 valence electrons. The van der Waals surface area contributed by atoms with Crippen LogP contribution in [0.4, 0.5) is 26.3 Å². The number of alkyl halides is 6. The summed E-state index contributed by atoms with van der Waals surface area (Å²) in [6, 6.07) is 8.05. The van der Waals surface area contributed by atoms with Gasteiger partial charge in [-0.05, 0) is 30.3 Å². The average Bonchev–Trinajstić information content (AvgIpc) is 2.53. The number of halogens is 6. The third-order valence-electron chi connectivity index (χ3n) is 3.30. The maximum absolute atomic E-state index is 13.9. The minimum Gasteiger partial charge on any atom is -0.478 e. The van der Waals surface area contributed by atoms with E-state index >= 15 is 0 Å². The fourth-order valence-corrected chi connectivity index (χ4v) is 2.01. The molecule has 2 aromatic rings. The molecule has 3 nitrogen and oxygen atoms in total. The number of aromatic carboxylic acids is 1. The number of benzene rings is 2. The molecule has 0 radical (unpaired) electrons. The summed E-state index contributed by atoms with van der Waals surface area (Å²) >= 11 is 0. The second-order valence-electron chi connectivity index (χ2n) is 4.97. The van der Waals surface area contributed by atoms with Gasteiger partial charge in [0, 0.05) is 5.56 Å². The van der Waals surface area contributed by atoms with Crippen molar-refractivity contribution in [3.05, 3.63) is 59.7 Å². The molecule has 0 aromatic heterocycles. The van der Waals surface area contributed by atoms with E-state index in [1.807, 2.05) is 0 Å². The Kier molecular flexibility index (Phi) is 4.96. The number of rotatable bonds is 5. The molecule has 0 saturated carbocycles. The number of carbonyl (C=O) groups is 1. The van der Waals surface area contributed by atoms with E-state index in [9.17, 15) is 31.1 Å². The second kappa shape index (κ2) is 6.66. The lowest BCUT2D eigenvalue weighted by Gasteiger charge is -2.27. The van der Waals surface area contributed by atoms with Crippen molar-refractivity contribution in [2.24, 2.45) is 0 Å². The van der Waals surface area contributed by atoms with Gasteiger partial charge in [-0.3, -0.25) is 0 Å². The number of carboxylic acids is 1. The summed E-state index contributed by atoms with van der Waals surface area (Å²) in [4.78, 5) is 10.8. The van der Waals surface area contributed by atoms with Gasteiger partial charge in [0.1, 0.15) is 11.5 Å². The SMILES string of the molecule is O=C(O)c1cccc(Oc2ccc(C(F)(C(F)F)C(F)(F)F)cc2)c1. The first kappa shape index (κ1) is 18.6. The lowest BCUT2D eigenvalue weighted by molar-refractivity contribution is -0.274. The molecule has 0 heterocycles. The van der Waals surface area contributed by atoms with Crippen LogP contribution in [0, 0.1) is 0 Å². The average molecular weight is 364 g/mol. The van der Waals surface area contributed by atoms with E-state index in [-0.39, 0.29) is 17.1 Å². The largest absolute Gasteiger partial charge is 0.478 e. The molecule has 0 aliphatic rings. The molecule has 2 rings (SSSR count). The lowest BCUT2D eigenvalue weighted by Crippen LogP contribution is -2.44. The van der Waals surface area contributed by atoms with Crippen LogP contribution in [-0.4, -0.2) is 23.7 Å². The summed E-state index contributed by atoms with van der Waals surface area (Å²) in [5.74, 6) is -1.24. The molecule has 0 bridgehead atoms. The summed E-state index contributed by atoms with van der Waals surface area (Å²) in [5.41, 5.74) is -6.15. The van der Waals surface area contributed by atoms with Crippen LogP contribution >= 0.6 is 0 Å².